The number of ether oxygens (including phenoxy) is 2. The first-order chi connectivity index (χ1) is 8.84. The molecule has 2 aliphatic heterocycles. The van der Waals surface area contributed by atoms with Crippen LogP contribution in [0.1, 0.15) is 30.4 Å². The van der Waals surface area contributed by atoms with Crippen LogP contribution in [-0.2, 0) is 9.47 Å². The summed E-state index contributed by atoms with van der Waals surface area (Å²) in [5.74, 6) is 1.04. The zero-order valence-electron chi connectivity index (χ0n) is 10.9. The molecule has 0 spiro atoms. The minimum absolute atomic E-state index is 0.274. The molecule has 0 radical (unpaired) electrons. The maximum Gasteiger partial charge on any atom is 0.126 e. The number of nitrogens with zero attached hydrogens (tertiary/aromatic N) is 2. The Kier molecular flexibility index (Phi) is 3.63. The highest BCUT2D eigenvalue weighted by molar-refractivity contribution is 5.05. The van der Waals surface area contributed by atoms with Crippen LogP contribution in [0.15, 0.2) is 6.20 Å². The minimum atomic E-state index is 0.274. The van der Waals surface area contributed by atoms with E-state index >= 15 is 0 Å². The van der Waals surface area contributed by atoms with E-state index in [2.05, 4.69) is 14.9 Å². The van der Waals surface area contributed by atoms with Gasteiger partial charge < -0.3 is 14.5 Å². The zero-order chi connectivity index (χ0) is 12.4. The van der Waals surface area contributed by atoms with E-state index in [-0.39, 0.29) is 6.04 Å². The molecular weight excluding hydrogens is 230 g/mol. The van der Waals surface area contributed by atoms with Crippen molar-refractivity contribution in [3.05, 3.63) is 17.7 Å². The molecule has 5 nitrogen and oxygen atoms in total. The first kappa shape index (κ1) is 12.1. The number of imidazole rings is 1. The van der Waals surface area contributed by atoms with Gasteiger partial charge in [-0.05, 0) is 19.8 Å². The molecule has 3 heterocycles. The van der Waals surface area contributed by atoms with Gasteiger partial charge in [0.1, 0.15) is 5.82 Å². The van der Waals surface area contributed by atoms with E-state index in [1.54, 1.807) is 0 Å². The van der Waals surface area contributed by atoms with Crippen LogP contribution in [0.2, 0.25) is 0 Å². The van der Waals surface area contributed by atoms with Gasteiger partial charge in [-0.3, -0.25) is 4.90 Å². The molecule has 1 aromatic heterocycles. The van der Waals surface area contributed by atoms with Gasteiger partial charge in [0.25, 0.3) is 0 Å². The number of nitrogens with one attached hydrogen (secondary N) is 1. The Labute approximate surface area is 107 Å². The molecular formula is C13H21N3O2. The van der Waals surface area contributed by atoms with E-state index in [0.29, 0.717) is 6.04 Å². The lowest BCUT2D eigenvalue weighted by Gasteiger charge is -2.41. The largest absolute Gasteiger partial charge is 0.381 e. The monoisotopic (exact) mass is 251 g/mol. The number of aromatic nitrogens is 2. The number of hydrogen-bond acceptors (Lipinski definition) is 4. The van der Waals surface area contributed by atoms with Gasteiger partial charge in [0, 0.05) is 37.7 Å². The quantitative estimate of drug-likeness (QED) is 0.860. The molecule has 1 N–H and O–H groups in total. The Morgan fingerprint density at radius 3 is 2.83 bits per heavy atom. The highest BCUT2D eigenvalue weighted by Crippen LogP contribution is 2.28. The fraction of sp³-hybridized carbons (Fsp3) is 0.769. The van der Waals surface area contributed by atoms with Crippen molar-refractivity contribution in [2.45, 2.75) is 31.8 Å². The Morgan fingerprint density at radius 1 is 1.28 bits per heavy atom. The van der Waals surface area contributed by atoms with Crippen molar-refractivity contribution in [1.29, 1.82) is 0 Å². The van der Waals surface area contributed by atoms with E-state index in [0.717, 1.165) is 57.3 Å². The molecule has 0 amide bonds. The lowest BCUT2D eigenvalue weighted by molar-refractivity contribution is -0.0589. The van der Waals surface area contributed by atoms with Gasteiger partial charge in [0.15, 0.2) is 0 Å². The Morgan fingerprint density at radius 2 is 2.11 bits per heavy atom. The third kappa shape index (κ3) is 2.43. The van der Waals surface area contributed by atoms with Gasteiger partial charge in [-0.25, -0.2) is 4.98 Å². The molecule has 18 heavy (non-hydrogen) atoms. The summed E-state index contributed by atoms with van der Waals surface area (Å²) >= 11 is 0. The second-order valence-electron chi connectivity index (χ2n) is 5.12. The highest BCUT2D eigenvalue weighted by atomic mass is 16.5. The molecule has 5 heteroatoms. The minimum Gasteiger partial charge on any atom is -0.381 e. The van der Waals surface area contributed by atoms with Crippen LogP contribution >= 0.6 is 0 Å². The summed E-state index contributed by atoms with van der Waals surface area (Å²) in [7, 11) is 0. The van der Waals surface area contributed by atoms with E-state index in [1.807, 2.05) is 13.1 Å². The SMILES string of the molecule is Cc1cnc([C@H]2COCCN2C2CCOCC2)[nH]1. The summed E-state index contributed by atoms with van der Waals surface area (Å²) in [5, 5.41) is 0. The lowest BCUT2D eigenvalue weighted by Crippen LogP contribution is -2.48. The number of morpholine rings is 1. The molecule has 2 aliphatic rings. The summed E-state index contributed by atoms with van der Waals surface area (Å²) in [6.45, 7) is 6.36. The fourth-order valence-electron chi connectivity index (χ4n) is 2.91. The van der Waals surface area contributed by atoms with Crippen LogP contribution in [0.25, 0.3) is 0 Å². The van der Waals surface area contributed by atoms with Crippen molar-refractivity contribution in [3.63, 3.8) is 0 Å². The molecule has 2 fully saturated rings. The van der Waals surface area contributed by atoms with Gasteiger partial charge in [-0.15, -0.1) is 0 Å². The smallest absolute Gasteiger partial charge is 0.126 e. The maximum absolute atomic E-state index is 5.63. The molecule has 100 valence electrons. The number of aryl methyl sites for hydroxylation is 1. The van der Waals surface area contributed by atoms with Crippen molar-refractivity contribution in [2.24, 2.45) is 0 Å². The molecule has 0 aliphatic carbocycles. The normalized spacial score (nSPS) is 27.5. The second-order valence-corrected chi connectivity index (χ2v) is 5.12. The van der Waals surface area contributed by atoms with E-state index < -0.39 is 0 Å². The van der Waals surface area contributed by atoms with Crippen LogP contribution in [0.4, 0.5) is 0 Å². The first-order valence-corrected chi connectivity index (χ1v) is 6.77. The number of rotatable bonds is 2. The van der Waals surface area contributed by atoms with E-state index in [1.165, 1.54) is 0 Å². The summed E-state index contributed by atoms with van der Waals surface area (Å²) in [6, 6.07) is 0.883. The molecule has 0 unspecified atom stereocenters. The van der Waals surface area contributed by atoms with Gasteiger partial charge in [0.2, 0.25) is 0 Å². The molecule has 0 saturated carbocycles. The number of hydrogen-bond donors (Lipinski definition) is 1. The van der Waals surface area contributed by atoms with E-state index in [9.17, 15) is 0 Å². The third-order valence-electron chi connectivity index (χ3n) is 3.87. The van der Waals surface area contributed by atoms with Crippen LogP contribution in [0.3, 0.4) is 0 Å². The third-order valence-corrected chi connectivity index (χ3v) is 3.87. The topological polar surface area (TPSA) is 50.4 Å². The molecule has 2 saturated heterocycles. The summed E-state index contributed by atoms with van der Waals surface area (Å²) in [6.07, 6.45) is 4.14. The number of aromatic amines is 1. The van der Waals surface area contributed by atoms with Crippen LogP contribution in [0, 0.1) is 6.92 Å². The van der Waals surface area contributed by atoms with Gasteiger partial charge >= 0.3 is 0 Å². The maximum atomic E-state index is 5.63. The molecule has 1 aromatic rings. The average molecular weight is 251 g/mol. The zero-order valence-corrected chi connectivity index (χ0v) is 10.9. The lowest BCUT2D eigenvalue weighted by atomic mass is 10.0. The van der Waals surface area contributed by atoms with Gasteiger partial charge in [0.05, 0.1) is 19.3 Å². The van der Waals surface area contributed by atoms with Crippen molar-refractivity contribution in [3.8, 4) is 0 Å². The Hall–Kier alpha value is -0.910. The molecule has 0 aromatic carbocycles. The van der Waals surface area contributed by atoms with Crippen molar-refractivity contribution in [2.75, 3.05) is 33.0 Å². The Bertz CT molecular complexity index is 387. The summed E-state index contributed by atoms with van der Waals surface area (Å²) < 4.78 is 11.1. The first-order valence-electron chi connectivity index (χ1n) is 6.77. The molecule has 3 rings (SSSR count). The van der Waals surface area contributed by atoms with Crippen molar-refractivity contribution >= 4 is 0 Å². The predicted molar refractivity (Wildman–Crippen MR) is 67.4 cm³/mol. The second kappa shape index (κ2) is 5.38. The van der Waals surface area contributed by atoms with Crippen LogP contribution in [-0.4, -0.2) is 53.9 Å². The average Bonchev–Trinajstić information content (AvgIpc) is 2.86. The summed E-state index contributed by atoms with van der Waals surface area (Å²) in [4.78, 5) is 10.4. The molecule has 1 atom stereocenters. The van der Waals surface area contributed by atoms with Gasteiger partial charge in [-0.1, -0.05) is 0 Å². The van der Waals surface area contributed by atoms with Crippen LogP contribution < -0.4 is 0 Å². The van der Waals surface area contributed by atoms with Crippen molar-refractivity contribution < 1.29 is 9.47 Å². The van der Waals surface area contributed by atoms with E-state index in [4.69, 9.17) is 9.47 Å². The van der Waals surface area contributed by atoms with Crippen molar-refractivity contribution in [1.82, 2.24) is 14.9 Å². The standard InChI is InChI=1S/C13H21N3O2/c1-10-8-14-13(15-10)12-9-18-7-4-16(12)11-2-5-17-6-3-11/h8,11-12H,2-7,9H2,1H3,(H,14,15)/t12-/m1/s1. The summed E-state index contributed by atoms with van der Waals surface area (Å²) in [5.41, 5.74) is 1.11. The predicted octanol–water partition coefficient (Wildman–Crippen LogP) is 1.27. The molecule has 0 bridgehead atoms. The van der Waals surface area contributed by atoms with Crippen LogP contribution in [0.5, 0.6) is 0 Å². The highest BCUT2D eigenvalue weighted by Gasteiger charge is 2.32. The fourth-order valence-corrected chi connectivity index (χ4v) is 2.91. The van der Waals surface area contributed by atoms with Gasteiger partial charge in [-0.2, -0.15) is 0 Å². The number of H-pyrrole nitrogens is 1. The Balaban J connectivity index is 1.76.